The molecule has 0 radical (unpaired) electrons. The molecule has 2 aliphatic heterocycles. The molecule has 0 aromatic carbocycles. The van der Waals surface area contributed by atoms with Gasteiger partial charge in [0, 0.05) is 39.3 Å². The SMILES string of the molecule is O=S(=O)(N1CCNCC1)N1CCC2(CCCC2)CC1. The summed E-state index contributed by atoms with van der Waals surface area (Å²) >= 11 is 0. The fraction of sp³-hybridized carbons (Fsp3) is 1.00. The molecule has 0 aromatic rings. The summed E-state index contributed by atoms with van der Waals surface area (Å²) in [6, 6.07) is 0. The maximum atomic E-state index is 12.6. The third kappa shape index (κ3) is 2.68. The van der Waals surface area contributed by atoms with Crippen molar-refractivity contribution in [3.05, 3.63) is 0 Å². The Labute approximate surface area is 116 Å². The molecule has 0 bridgehead atoms. The van der Waals surface area contributed by atoms with Crippen LogP contribution in [0.15, 0.2) is 0 Å². The van der Waals surface area contributed by atoms with Gasteiger partial charge in [-0.2, -0.15) is 17.0 Å². The Hall–Kier alpha value is -0.170. The van der Waals surface area contributed by atoms with Crippen molar-refractivity contribution in [2.24, 2.45) is 5.41 Å². The lowest BCUT2D eigenvalue weighted by Crippen LogP contribution is -2.54. The predicted octanol–water partition coefficient (Wildman–Crippen LogP) is 0.793. The predicted molar refractivity (Wildman–Crippen MR) is 75.1 cm³/mol. The van der Waals surface area contributed by atoms with Crippen LogP contribution in [0.3, 0.4) is 0 Å². The van der Waals surface area contributed by atoms with Gasteiger partial charge in [-0.05, 0) is 31.1 Å². The minimum absolute atomic E-state index is 0.482. The molecule has 3 aliphatic rings. The highest BCUT2D eigenvalue weighted by Crippen LogP contribution is 2.46. The van der Waals surface area contributed by atoms with E-state index in [1.165, 1.54) is 25.7 Å². The molecule has 3 rings (SSSR count). The van der Waals surface area contributed by atoms with E-state index in [0.29, 0.717) is 18.5 Å². The van der Waals surface area contributed by atoms with E-state index >= 15 is 0 Å². The topological polar surface area (TPSA) is 52.7 Å². The number of nitrogens with one attached hydrogen (secondary N) is 1. The number of piperazine rings is 1. The van der Waals surface area contributed by atoms with Crippen LogP contribution in [0, 0.1) is 5.41 Å². The molecule has 1 aliphatic carbocycles. The summed E-state index contributed by atoms with van der Waals surface area (Å²) in [4.78, 5) is 0. The highest BCUT2D eigenvalue weighted by Gasteiger charge is 2.41. The largest absolute Gasteiger partial charge is 0.314 e. The smallest absolute Gasteiger partial charge is 0.282 e. The first-order valence-electron chi connectivity index (χ1n) is 7.58. The van der Waals surface area contributed by atoms with E-state index in [2.05, 4.69) is 5.32 Å². The van der Waals surface area contributed by atoms with Crippen LogP contribution in [0.1, 0.15) is 38.5 Å². The van der Waals surface area contributed by atoms with Gasteiger partial charge in [-0.1, -0.05) is 12.8 Å². The van der Waals surface area contributed by atoms with Gasteiger partial charge in [0.25, 0.3) is 10.2 Å². The van der Waals surface area contributed by atoms with E-state index in [-0.39, 0.29) is 0 Å². The van der Waals surface area contributed by atoms with E-state index in [1.54, 1.807) is 8.61 Å². The van der Waals surface area contributed by atoms with Crippen LogP contribution >= 0.6 is 0 Å². The molecule has 1 saturated carbocycles. The average molecular weight is 287 g/mol. The van der Waals surface area contributed by atoms with Crippen LogP contribution in [-0.4, -0.2) is 56.3 Å². The van der Waals surface area contributed by atoms with Crippen LogP contribution in [0.2, 0.25) is 0 Å². The molecule has 0 aromatic heterocycles. The summed E-state index contributed by atoms with van der Waals surface area (Å²) in [6.07, 6.45) is 7.44. The van der Waals surface area contributed by atoms with Crippen molar-refractivity contribution in [3.8, 4) is 0 Å². The Balaban J connectivity index is 1.63. The molecule has 1 spiro atoms. The first-order valence-corrected chi connectivity index (χ1v) is 8.98. The summed E-state index contributed by atoms with van der Waals surface area (Å²) in [5.41, 5.74) is 0.482. The lowest BCUT2D eigenvalue weighted by atomic mass is 9.78. The van der Waals surface area contributed by atoms with Gasteiger partial charge in [0.1, 0.15) is 0 Å². The second kappa shape index (κ2) is 5.31. The number of hydrogen-bond acceptors (Lipinski definition) is 3. The first kappa shape index (κ1) is 13.8. The maximum Gasteiger partial charge on any atom is 0.282 e. The monoisotopic (exact) mass is 287 g/mol. The molecule has 19 heavy (non-hydrogen) atoms. The average Bonchev–Trinajstić information content (AvgIpc) is 2.89. The summed E-state index contributed by atoms with van der Waals surface area (Å²) < 4.78 is 28.5. The van der Waals surface area contributed by atoms with E-state index in [4.69, 9.17) is 0 Å². The Morgan fingerprint density at radius 3 is 1.89 bits per heavy atom. The van der Waals surface area contributed by atoms with Crippen LogP contribution in [0.4, 0.5) is 0 Å². The zero-order valence-electron chi connectivity index (χ0n) is 11.6. The molecule has 3 fully saturated rings. The zero-order chi connectivity index (χ0) is 13.3. The Kier molecular flexibility index (Phi) is 3.86. The van der Waals surface area contributed by atoms with E-state index < -0.39 is 10.2 Å². The van der Waals surface area contributed by atoms with Gasteiger partial charge in [-0.3, -0.25) is 0 Å². The Bertz CT molecular complexity index is 402. The van der Waals surface area contributed by atoms with Gasteiger partial charge < -0.3 is 5.32 Å². The third-order valence-corrected chi connectivity index (χ3v) is 7.21. The molecular formula is C13H25N3O2S. The summed E-state index contributed by atoms with van der Waals surface area (Å²) in [5, 5.41) is 3.20. The molecule has 0 amide bonds. The molecule has 6 heteroatoms. The summed E-state index contributed by atoms with van der Waals surface area (Å²) in [5.74, 6) is 0. The van der Waals surface area contributed by atoms with E-state index in [0.717, 1.165) is 39.0 Å². The Morgan fingerprint density at radius 1 is 0.789 bits per heavy atom. The van der Waals surface area contributed by atoms with Crippen molar-refractivity contribution in [1.29, 1.82) is 0 Å². The normalized spacial score (nSPS) is 29.9. The third-order valence-electron chi connectivity index (χ3n) is 5.18. The van der Waals surface area contributed by atoms with E-state index in [9.17, 15) is 8.42 Å². The number of nitrogens with zero attached hydrogens (tertiary/aromatic N) is 2. The van der Waals surface area contributed by atoms with Crippen LogP contribution in [-0.2, 0) is 10.2 Å². The lowest BCUT2D eigenvalue weighted by Gasteiger charge is -2.41. The molecule has 2 saturated heterocycles. The van der Waals surface area contributed by atoms with Crippen molar-refractivity contribution in [1.82, 2.24) is 13.9 Å². The molecule has 5 nitrogen and oxygen atoms in total. The lowest BCUT2D eigenvalue weighted by molar-refractivity contribution is 0.153. The van der Waals surface area contributed by atoms with Gasteiger partial charge in [-0.15, -0.1) is 0 Å². The highest BCUT2D eigenvalue weighted by atomic mass is 32.2. The molecule has 110 valence electrons. The van der Waals surface area contributed by atoms with Gasteiger partial charge in [-0.25, -0.2) is 0 Å². The molecule has 1 N–H and O–H groups in total. The minimum Gasteiger partial charge on any atom is -0.314 e. The number of piperidine rings is 1. The Morgan fingerprint density at radius 2 is 1.32 bits per heavy atom. The van der Waals surface area contributed by atoms with Crippen LogP contribution in [0.5, 0.6) is 0 Å². The zero-order valence-corrected chi connectivity index (χ0v) is 12.4. The fourth-order valence-corrected chi connectivity index (χ4v) is 5.47. The second-order valence-electron chi connectivity index (χ2n) is 6.26. The molecule has 2 heterocycles. The van der Waals surface area contributed by atoms with Gasteiger partial charge in [0.15, 0.2) is 0 Å². The molecular weight excluding hydrogens is 262 g/mol. The van der Waals surface area contributed by atoms with Crippen molar-refractivity contribution in [2.75, 3.05) is 39.3 Å². The quantitative estimate of drug-likeness (QED) is 0.817. The highest BCUT2D eigenvalue weighted by molar-refractivity contribution is 7.86. The maximum absolute atomic E-state index is 12.6. The second-order valence-corrected chi connectivity index (χ2v) is 8.19. The van der Waals surface area contributed by atoms with Crippen LogP contribution in [0.25, 0.3) is 0 Å². The van der Waals surface area contributed by atoms with Crippen molar-refractivity contribution >= 4 is 10.2 Å². The van der Waals surface area contributed by atoms with Crippen molar-refractivity contribution in [2.45, 2.75) is 38.5 Å². The molecule has 0 unspecified atom stereocenters. The fourth-order valence-electron chi connectivity index (χ4n) is 3.85. The summed E-state index contributed by atoms with van der Waals surface area (Å²) in [7, 11) is -3.20. The van der Waals surface area contributed by atoms with Crippen LogP contribution < -0.4 is 5.32 Å². The van der Waals surface area contributed by atoms with Crippen molar-refractivity contribution < 1.29 is 8.42 Å². The first-order chi connectivity index (χ1) is 9.12. The minimum atomic E-state index is -3.20. The van der Waals surface area contributed by atoms with E-state index in [1.807, 2.05) is 0 Å². The number of hydrogen-bond donors (Lipinski definition) is 1. The van der Waals surface area contributed by atoms with Gasteiger partial charge in [0.05, 0.1) is 0 Å². The van der Waals surface area contributed by atoms with Crippen molar-refractivity contribution in [3.63, 3.8) is 0 Å². The standard InChI is InChI=1S/C13H25N3O2S/c17-19(18,16-11-7-14-8-12-16)15-9-5-13(6-10-15)3-1-2-4-13/h14H,1-12H2. The molecule has 0 atom stereocenters. The van der Waals surface area contributed by atoms with Gasteiger partial charge >= 0.3 is 0 Å². The number of rotatable bonds is 2. The van der Waals surface area contributed by atoms with Gasteiger partial charge in [0.2, 0.25) is 0 Å². The summed E-state index contributed by atoms with van der Waals surface area (Å²) in [6.45, 7) is 4.24.